The van der Waals surface area contributed by atoms with E-state index in [4.69, 9.17) is 9.94 Å². The summed E-state index contributed by atoms with van der Waals surface area (Å²) in [7, 11) is 0. The van der Waals surface area contributed by atoms with Gasteiger partial charge < -0.3 is 15.1 Å². The fourth-order valence-corrected chi connectivity index (χ4v) is 2.24. The van der Waals surface area contributed by atoms with Crippen molar-refractivity contribution in [1.29, 1.82) is 0 Å². The minimum atomic E-state index is -0.825. The van der Waals surface area contributed by atoms with Crippen LogP contribution >= 0.6 is 0 Å². The van der Waals surface area contributed by atoms with Crippen LogP contribution < -0.4 is 0 Å². The molecule has 1 aromatic rings. The van der Waals surface area contributed by atoms with Gasteiger partial charge in [-0.1, -0.05) is 62.2 Å². The molecule has 1 aromatic carbocycles. The predicted molar refractivity (Wildman–Crippen MR) is 84.9 cm³/mol. The van der Waals surface area contributed by atoms with Gasteiger partial charge in [0.15, 0.2) is 0 Å². The molecule has 0 saturated carbocycles. The summed E-state index contributed by atoms with van der Waals surface area (Å²) in [6.45, 7) is 4.91. The number of aliphatic hydroxyl groups is 1. The lowest BCUT2D eigenvalue weighted by Crippen LogP contribution is -2.28. The Morgan fingerprint density at radius 2 is 1.90 bits per heavy atom. The van der Waals surface area contributed by atoms with Crippen molar-refractivity contribution in [1.82, 2.24) is 0 Å². The van der Waals surface area contributed by atoms with E-state index in [0.717, 1.165) is 37.9 Å². The van der Waals surface area contributed by atoms with Crippen molar-refractivity contribution in [2.75, 3.05) is 6.61 Å². The summed E-state index contributed by atoms with van der Waals surface area (Å²) in [5, 5.41) is 22.7. The minimum Gasteiger partial charge on any atom is -0.411 e. The van der Waals surface area contributed by atoms with Crippen molar-refractivity contribution in [2.45, 2.75) is 58.2 Å². The Morgan fingerprint density at radius 3 is 2.48 bits per heavy atom. The second-order valence-corrected chi connectivity index (χ2v) is 5.21. The number of nitrogens with zero attached hydrogens (tertiary/aromatic N) is 1. The molecule has 21 heavy (non-hydrogen) atoms. The van der Waals surface area contributed by atoms with E-state index in [0.29, 0.717) is 12.1 Å². The van der Waals surface area contributed by atoms with Gasteiger partial charge in [-0.25, -0.2) is 0 Å². The first-order chi connectivity index (χ1) is 10.2. The number of benzene rings is 1. The molecule has 0 amide bonds. The van der Waals surface area contributed by atoms with Crippen molar-refractivity contribution in [3.05, 3.63) is 35.9 Å². The summed E-state index contributed by atoms with van der Waals surface area (Å²) < 4.78 is 5.80. The molecule has 4 nitrogen and oxygen atoms in total. The van der Waals surface area contributed by atoms with Gasteiger partial charge in [0.25, 0.3) is 0 Å². The van der Waals surface area contributed by atoms with Crippen LogP contribution in [0.5, 0.6) is 0 Å². The Kier molecular flexibility index (Phi) is 8.71. The monoisotopic (exact) mass is 293 g/mol. The van der Waals surface area contributed by atoms with Crippen molar-refractivity contribution in [3.63, 3.8) is 0 Å². The van der Waals surface area contributed by atoms with E-state index < -0.39 is 6.10 Å². The van der Waals surface area contributed by atoms with Gasteiger partial charge in [0, 0.05) is 18.6 Å². The van der Waals surface area contributed by atoms with Crippen LogP contribution in [0.2, 0.25) is 0 Å². The summed E-state index contributed by atoms with van der Waals surface area (Å²) in [6, 6.07) is 9.23. The maximum Gasteiger partial charge on any atom is 0.115 e. The Labute approximate surface area is 127 Å². The molecule has 0 radical (unpaired) electrons. The molecule has 2 unspecified atom stereocenters. The fourth-order valence-electron chi connectivity index (χ4n) is 2.24. The quantitative estimate of drug-likeness (QED) is 0.300. The third-order valence-electron chi connectivity index (χ3n) is 3.54. The van der Waals surface area contributed by atoms with Crippen LogP contribution in [0, 0.1) is 0 Å². The van der Waals surface area contributed by atoms with Crippen LogP contribution in [0.3, 0.4) is 0 Å². The summed E-state index contributed by atoms with van der Waals surface area (Å²) in [6.07, 6.45) is 3.80. The Bertz CT molecular complexity index is 406. The van der Waals surface area contributed by atoms with E-state index in [2.05, 4.69) is 12.1 Å². The molecule has 0 heterocycles. The molecule has 0 fully saturated rings. The van der Waals surface area contributed by atoms with Crippen molar-refractivity contribution >= 4 is 5.71 Å². The smallest absolute Gasteiger partial charge is 0.115 e. The van der Waals surface area contributed by atoms with E-state index in [1.54, 1.807) is 0 Å². The van der Waals surface area contributed by atoms with Gasteiger partial charge in [-0.3, -0.25) is 0 Å². The van der Waals surface area contributed by atoms with Crippen LogP contribution in [-0.2, 0) is 4.74 Å². The molecule has 0 aliphatic rings. The SMILES string of the molecule is CCCCCOC(CC)CC(O)C(=NO)c1ccccc1. The molecule has 0 aromatic heterocycles. The first-order valence-electron chi connectivity index (χ1n) is 7.79. The number of aliphatic hydroxyl groups excluding tert-OH is 1. The molecule has 0 spiro atoms. The highest BCUT2D eigenvalue weighted by molar-refractivity contribution is 6.03. The number of oxime groups is 1. The van der Waals surface area contributed by atoms with E-state index in [1.165, 1.54) is 0 Å². The van der Waals surface area contributed by atoms with Crippen LogP contribution in [0.1, 0.15) is 51.5 Å². The number of rotatable bonds is 10. The fraction of sp³-hybridized carbons (Fsp3) is 0.588. The zero-order valence-electron chi connectivity index (χ0n) is 13.0. The molecule has 2 atom stereocenters. The lowest BCUT2D eigenvalue weighted by Gasteiger charge is -2.20. The second-order valence-electron chi connectivity index (χ2n) is 5.21. The molecular weight excluding hydrogens is 266 g/mol. The Hall–Kier alpha value is -1.39. The van der Waals surface area contributed by atoms with Gasteiger partial charge in [0.2, 0.25) is 0 Å². The van der Waals surface area contributed by atoms with E-state index in [-0.39, 0.29) is 6.10 Å². The van der Waals surface area contributed by atoms with E-state index in [9.17, 15) is 5.11 Å². The standard InChI is InChI=1S/C17H27NO3/c1-3-5-9-12-21-15(4-2)13-16(19)17(18-20)14-10-7-6-8-11-14/h6-8,10-11,15-16,19-20H,3-5,9,12-13H2,1-2H3. The number of ether oxygens (including phenoxy) is 1. The Balaban J connectivity index is 2.54. The van der Waals surface area contributed by atoms with Crippen LogP contribution in [0.25, 0.3) is 0 Å². The zero-order chi connectivity index (χ0) is 15.5. The molecule has 0 bridgehead atoms. The van der Waals surface area contributed by atoms with E-state index in [1.807, 2.05) is 37.3 Å². The van der Waals surface area contributed by atoms with Crippen molar-refractivity contribution in [2.24, 2.45) is 5.16 Å². The topological polar surface area (TPSA) is 62.0 Å². The lowest BCUT2D eigenvalue weighted by atomic mass is 10.00. The normalized spacial score (nSPS) is 14.9. The van der Waals surface area contributed by atoms with Crippen LogP contribution in [0.15, 0.2) is 35.5 Å². The first kappa shape index (κ1) is 17.7. The van der Waals surface area contributed by atoms with Gasteiger partial charge >= 0.3 is 0 Å². The van der Waals surface area contributed by atoms with Gasteiger partial charge in [0.05, 0.1) is 6.10 Å². The van der Waals surface area contributed by atoms with Gasteiger partial charge in [0.1, 0.15) is 11.8 Å². The largest absolute Gasteiger partial charge is 0.411 e. The summed E-state index contributed by atoms with van der Waals surface area (Å²) in [5.74, 6) is 0. The highest BCUT2D eigenvalue weighted by atomic mass is 16.5. The second kappa shape index (κ2) is 10.4. The van der Waals surface area contributed by atoms with Gasteiger partial charge in [-0.2, -0.15) is 0 Å². The highest BCUT2D eigenvalue weighted by Crippen LogP contribution is 2.14. The average Bonchev–Trinajstić information content (AvgIpc) is 2.52. The van der Waals surface area contributed by atoms with Crippen LogP contribution in [-0.4, -0.2) is 34.8 Å². The minimum absolute atomic E-state index is 0.0164. The van der Waals surface area contributed by atoms with Gasteiger partial charge in [-0.05, 0) is 12.8 Å². The summed E-state index contributed by atoms with van der Waals surface area (Å²) in [5.41, 5.74) is 1.03. The first-order valence-corrected chi connectivity index (χ1v) is 7.79. The molecule has 0 aliphatic heterocycles. The average molecular weight is 293 g/mol. The number of hydrogen-bond acceptors (Lipinski definition) is 4. The lowest BCUT2D eigenvalue weighted by molar-refractivity contribution is 0.0227. The van der Waals surface area contributed by atoms with Gasteiger partial charge in [-0.15, -0.1) is 0 Å². The maximum atomic E-state index is 10.3. The molecule has 2 N–H and O–H groups in total. The molecule has 4 heteroatoms. The number of unbranched alkanes of at least 4 members (excludes halogenated alkanes) is 2. The van der Waals surface area contributed by atoms with Crippen molar-refractivity contribution < 1.29 is 15.1 Å². The maximum absolute atomic E-state index is 10.3. The summed E-state index contributed by atoms with van der Waals surface area (Å²) >= 11 is 0. The zero-order valence-corrected chi connectivity index (χ0v) is 13.0. The molecule has 0 saturated heterocycles. The highest BCUT2D eigenvalue weighted by Gasteiger charge is 2.20. The number of hydrogen-bond donors (Lipinski definition) is 2. The molecule has 1 rings (SSSR count). The molecule has 118 valence electrons. The predicted octanol–water partition coefficient (Wildman–Crippen LogP) is 3.60. The van der Waals surface area contributed by atoms with E-state index >= 15 is 0 Å². The van der Waals surface area contributed by atoms with Crippen molar-refractivity contribution in [3.8, 4) is 0 Å². The van der Waals surface area contributed by atoms with Crippen LogP contribution in [0.4, 0.5) is 0 Å². The third kappa shape index (κ3) is 6.27. The molecule has 0 aliphatic carbocycles. The summed E-state index contributed by atoms with van der Waals surface area (Å²) in [4.78, 5) is 0. The third-order valence-corrected chi connectivity index (χ3v) is 3.54. The molecular formula is C17H27NO3. The Morgan fingerprint density at radius 1 is 1.19 bits per heavy atom.